The maximum atomic E-state index is 10.5. The van der Waals surface area contributed by atoms with E-state index in [-0.39, 0.29) is 92.9 Å². The Hall–Kier alpha value is -12.1. The van der Waals surface area contributed by atoms with Crippen molar-refractivity contribution >= 4 is 103 Å². The van der Waals surface area contributed by atoms with Gasteiger partial charge in [-0.05, 0) is 19.3 Å². The predicted molar refractivity (Wildman–Crippen MR) is 358 cm³/mol. The van der Waals surface area contributed by atoms with E-state index in [9.17, 15) is 38.1 Å². The van der Waals surface area contributed by atoms with Crippen molar-refractivity contribution < 1.29 is 88.6 Å². The number of carbonyl (C=O) groups is 7. The van der Waals surface area contributed by atoms with E-state index in [0.29, 0.717) is 67.6 Å². The zero-order chi connectivity index (χ0) is 79.0. The molecule has 101 heavy (non-hydrogen) atoms. The molecule has 3 saturated heterocycles. The molecule has 0 aromatic carbocycles. The van der Waals surface area contributed by atoms with Crippen molar-refractivity contribution in [1.82, 2.24) is 72.4 Å². The fourth-order valence-electron chi connectivity index (χ4n) is 5.93. The SMILES string of the molecule is N/N=C(/N)NNCC(=O)O.N=C1N(N)CCCN1CCC(=O)O.N=C1N(N)CCN1CCP(=O)(O)O.NC(N)=NNCC(=O)O.NC1=NCCCN1N.NC1=NCCN1N.NN=C(N)N1CCC(C(=O)O)C1.NN=[N+](N)N(N)CC(=O)O.NNC(=NCC(=O)O)NN.NNC(N)=NCC(=O)O. The van der Waals surface area contributed by atoms with Gasteiger partial charge < -0.3 is 112 Å². The van der Waals surface area contributed by atoms with Crippen LogP contribution in [0.2, 0.25) is 0 Å². The van der Waals surface area contributed by atoms with Crippen LogP contribution in [-0.4, -0.2) is 303 Å². The van der Waals surface area contributed by atoms with E-state index < -0.39 is 55.9 Å². The maximum absolute atomic E-state index is 10.5. The van der Waals surface area contributed by atoms with Crippen LogP contribution in [0.25, 0.3) is 0 Å². The second-order valence-electron chi connectivity index (χ2n) is 18.5. The molecule has 582 valence electrons. The normalized spacial score (nSPS) is 15.3. The molecule has 0 aromatic rings. The third kappa shape index (κ3) is 57.8. The minimum atomic E-state index is -3.96. The van der Waals surface area contributed by atoms with E-state index in [4.69, 9.17) is 161 Å². The van der Waals surface area contributed by atoms with E-state index in [0.717, 1.165) is 45.6 Å². The summed E-state index contributed by atoms with van der Waals surface area (Å²) in [6.07, 6.45) is 2.31. The number of hydrazine groups is 11. The lowest BCUT2D eigenvalue weighted by molar-refractivity contribution is -0.756. The number of aliphatic imine (C=N–C) groups is 4. The quantitative estimate of drug-likeness (QED) is 0.0102. The molecule has 0 amide bonds. The van der Waals surface area contributed by atoms with Gasteiger partial charge in [-0.1, -0.05) is 0 Å². The number of aliphatic carboxylic acids is 7. The Morgan fingerprint density at radius 3 is 1.50 bits per heavy atom. The number of carboxylic acids is 7. The number of carboxylic acid groups (broad SMARTS) is 7. The molecule has 62 heteroatoms. The molecular formula is C39H100N44O17P+. The molecule has 1 unspecified atom stereocenters. The van der Waals surface area contributed by atoms with Gasteiger partial charge in [0.1, 0.15) is 31.4 Å². The van der Waals surface area contributed by atoms with Gasteiger partial charge in [0.2, 0.25) is 53.6 Å². The van der Waals surface area contributed by atoms with Gasteiger partial charge in [0.15, 0.2) is 6.54 Å². The number of hydrogen-bond donors (Lipinski definition) is 36. The fourth-order valence-corrected chi connectivity index (χ4v) is 6.43. The molecule has 0 saturated carbocycles. The van der Waals surface area contributed by atoms with Crippen molar-refractivity contribution in [3.8, 4) is 0 Å². The number of nitrogens with zero attached hydrogens (tertiary/aromatic N) is 17. The molecular weight excluding hydrogens is 1390 g/mol. The summed E-state index contributed by atoms with van der Waals surface area (Å²) < 4.78 is 10.5. The summed E-state index contributed by atoms with van der Waals surface area (Å²) in [5.74, 6) is 54.1. The van der Waals surface area contributed by atoms with Gasteiger partial charge in [-0.3, -0.25) is 106 Å². The van der Waals surface area contributed by atoms with Crippen molar-refractivity contribution in [1.29, 1.82) is 10.8 Å². The van der Waals surface area contributed by atoms with Crippen LogP contribution in [0.3, 0.4) is 0 Å². The molecule has 61 nitrogen and oxygen atoms in total. The number of nitrogens with two attached hydrogens (primary N) is 19. The second-order valence-corrected chi connectivity index (χ2v) is 20.3. The van der Waals surface area contributed by atoms with E-state index in [1.807, 2.05) is 5.43 Å². The summed E-state index contributed by atoms with van der Waals surface area (Å²) in [4.78, 5) is 107. The summed E-state index contributed by atoms with van der Waals surface area (Å²) in [6, 6.07) is 0. The van der Waals surface area contributed by atoms with Crippen molar-refractivity contribution in [2.75, 3.05) is 117 Å². The number of guanidine groups is 9. The summed E-state index contributed by atoms with van der Waals surface area (Å²) in [7, 11) is -3.96. The van der Waals surface area contributed by atoms with Gasteiger partial charge in [0.05, 0.1) is 43.1 Å². The molecule has 0 aromatic heterocycles. The highest BCUT2D eigenvalue weighted by atomic mass is 31.2. The maximum Gasteiger partial charge on any atom is 0.328 e. The van der Waals surface area contributed by atoms with Crippen molar-refractivity contribution in [2.45, 2.75) is 25.7 Å². The van der Waals surface area contributed by atoms with Crippen LogP contribution in [0.4, 0.5) is 0 Å². The molecule has 55 N–H and O–H groups in total. The minimum absolute atomic E-state index is 0.0300. The molecule has 5 heterocycles. The van der Waals surface area contributed by atoms with Crippen LogP contribution in [-0.2, 0) is 38.1 Å². The highest BCUT2D eigenvalue weighted by Crippen LogP contribution is 2.33. The van der Waals surface area contributed by atoms with Crippen molar-refractivity contribution in [3.63, 3.8) is 0 Å². The zero-order valence-corrected chi connectivity index (χ0v) is 55.3. The first kappa shape index (κ1) is 97.6. The first-order valence-corrected chi connectivity index (χ1v) is 29.6. The number of likely N-dealkylation sites (tertiary alicyclic amines) is 1. The summed E-state index contributed by atoms with van der Waals surface area (Å²) in [5, 5.41) is 90.9. The molecule has 0 bridgehead atoms. The van der Waals surface area contributed by atoms with Gasteiger partial charge in [-0.2, -0.15) is 5.84 Å². The molecule has 0 aliphatic carbocycles. The Morgan fingerprint density at radius 2 is 1.14 bits per heavy atom. The second kappa shape index (κ2) is 57.0. The molecule has 0 spiro atoms. The van der Waals surface area contributed by atoms with Crippen LogP contribution in [0.1, 0.15) is 25.7 Å². The van der Waals surface area contributed by atoms with Gasteiger partial charge in [-0.25, -0.2) is 68.0 Å². The Balaban J connectivity index is -0.000000340. The fraction of sp³-hybridized carbons (Fsp3) is 0.590. The molecule has 5 rings (SSSR count). The van der Waals surface area contributed by atoms with E-state index >= 15 is 0 Å². The number of hydrogen-bond acceptors (Lipinski definition) is 34. The minimum Gasteiger partial charge on any atom is -0.481 e. The highest BCUT2D eigenvalue weighted by molar-refractivity contribution is 7.51. The van der Waals surface area contributed by atoms with Gasteiger partial charge in [0, 0.05) is 58.9 Å². The van der Waals surface area contributed by atoms with Crippen LogP contribution >= 0.6 is 7.60 Å². The van der Waals surface area contributed by atoms with Crippen LogP contribution in [0.5, 0.6) is 0 Å². The standard InChI is InChI=1S/C7H14N4O2.C6H12N4O2.C5H13N4O3P.C4H10N4.2C3H9N5O2.2C3H8N4O2.C3H8N4.C2H8N6O2/c8-7-10(5-2-6(12)13)3-1-4-11(7)9;7-6(9-8)10-2-1-4(3-10)5(11)12;6-5-8(1-2-9(5)7)3-4-13(10,11)12;5-4-7-2-1-3-8(4)6;4-7-3(8-5)6-1-2(9)10;4-3(7-5)8-6-1-2(9)10;4-3(7-5)6-1-2(8)9;4-3(5)7-6-1-2(8)9;4-3-6-1-2-7(3)5;3-6-8(5)7(4)1-2(9)10/h8H,1-5,9H2,(H,12,13);4H,1-3,8H2,(H2,7,9)(H,11,12);6H,1-4,7H2,(H2,10,11,12);1-3,6H2,(H2,5,7);1,4-5H2,(H,9,10)(H2,6,7,8);6H,1,5H2,(H,9,10)(H3,4,7,8);1,5H2,(H,8,9)(H3,4,6,7);6H,1H2,(H,8,9)(H4,4,5,7);1-2,5H2,(H2,4,6);3H,1,4-5H2,(H,9,10)/p+1. The first-order chi connectivity index (χ1) is 47.0. The topological polar surface area (TPSA) is 1060 Å². The van der Waals surface area contributed by atoms with E-state index in [2.05, 4.69) is 73.5 Å². The van der Waals surface area contributed by atoms with Crippen molar-refractivity contribution in [3.05, 3.63) is 0 Å². The molecule has 5 aliphatic rings. The predicted octanol–water partition coefficient (Wildman–Crippen LogP) is -18.4. The Labute approximate surface area is 573 Å². The average molecular weight is 1490 g/mol. The lowest BCUT2D eigenvalue weighted by atomic mass is 10.1. The Bertz CT molecular complexity index is 2800. The largest absolute Gasteiger partial charge is 0.481 e. The van der Waals surface area contributed by atoms with E-state index in [1.165, 1.54) is 20.0 Å². The molecule has 5 aliphatic heterocycles. The van der Waals surface area contributed by atoms with Gasteiger partial charge in [-0.15, -0.1) is 20.4 Å². The summed E-state index contributed by atoms with van der Waals surface area (Å²) >= 11 is 0. The average Bonchev–Trinajstić information content (AvgIpc) is 1.87. The molecule has 0 radical (unpaired) electrons. The summed E-state index contributed by atoms with van der Waals surface area (Å²) in [5.41, 5.74) is 48.4. The highest BCUT2D eigenvalue weighted by Gasteiger charge is 2.29. The van der Waals surface area contributed by atoms with Crippen LogP contribution in [0.15, 0.2) is 40.5 Å². The van der Waals surface area contributed by atoms with Gasteiger partial charge in [0.25, 0.3) is 0 Å². The lowest BCUT2D eigenvalue weighted by Crippen LogP contribution is -2.53. The number of nitrogens with one attached hydrogen (secondary N) is 8. The summed E-state index contributed by atoms with van der Waals surface area (Å²) in [6.45, 7) is 5.44. The van der Waals surface area contributed by atoms with Crippen molar-refractivity contribution in [2.24, 2.45) is 157 Å². The number of rotatable bonds is 20. The van der Waals surface area contributed by atoms with E-state index in [1.54, 1.807) is 14.7 Å². The third-order valence-corrected chi connectivity index (χ3v) is 11.5. The monoisotopic (exact) mass is 1490 g/mol. The Kier molecular flexibility index (Phi) is 55.1. The first-order valence-electron chi connectivity index (χ1n) is 27.8. The lowest BCUT2D eigenvalue weighted by Gasteiger charge is -2.35. The van der Waals surface area contributed by atoms with Crippen LogP contribution in [0, 0.1) is 16.7 Å². The molecule has 3 fully saturated rings. The Morgan fingerprint density at radius 1 is 0.624 bits per heavy atom. The van der Waals surface area contributed by atoms with Gasteiger partial charge >= 0.3 is 49.4 Å². The third-order valence-electron chi connectivity index (χ3n) is 10.8. The zero-order valence-electron chi connectivity index (χ0n) is 54.4. The number of hydrazone groups is 3. The molecule has 1 atom stereocenters. The van der Waals surface area contributed by atoms with Crippen LogP contribution < -0.4 is 143 Å². The smallest absolute Gasteiger partial charge is 0.328 e.